The number of likely N-dealkylation sites (N-methyl/N-ethyl adjacent to an activating group) is 1. The minimum atomic E-state index is -3.71. The molecular weight excluding hydrogens is 544 g/mol. The lowest BCUT2D eigenvalue weighted by atomic mass is 10.3. The number of rotatable bonds is 8. The molecule has 37 heavy (non-hydrogen) atoms. The van der Waals surface area contributed by atoms with Crippen molar-refractivity contribution >= 4 is 43.2 Å². The number of piperazine rings is 1. The lowest BCUT2D eigenvalue weighted by Gasteiger charge is -2.31. The minimum absolute atomic E-state index is 0.0304. The van der Waals surface area contributed by atoms with Gasteiger partial charge in [-0.05, 0) is 49.5 Å². The molecule has 0 spiro atoms. The first kappa shape index (κ1) is 27.8. The second-order valence-corrected chi connectivity index (χ2v) is 13.0. The molecule has 0 radical (unpaired) electrons. The first-order chi connectivity index (χ1) is 17.6. The zero-order chi connectivity index (χ0) is 26.6. The van der Waals surface area contributed by atoms with Crippen LogP contribution in [0, 0.1) is 0 Å². The van der Waals surface area contributed by atoms with E-state index in [1.165, 1.54) is 51.1 Å². The van der Waals surface area contributed by atoms with E-state index in [1.807, 2.05) is 7.05 Å². The highest BCUT2D eigenvalue weighted by atomic mass is 35.5. The maximum Gasteiger partial charge on any atom is 0.262 e. The van der Waals surface area contributed by atoms with Crippen LogP contribution < -0.4 is 10.1 Å². The minimum Gasteiger partial charge on any atom is -0.482 e. The molecule has 0 bridgehead atoms. The van der Waals surface area contributed by atoms with Gasteiger partial charge in [-0.15, -0.1) is 0 Å². The molecule has 2 aliphatic heterocycles. The number of anilines is 1. The average Bonchev–Trinajstić information content (AvgIpc) is 2.89. The molecule has 0 aliphatic carbocycles. The molecule has 1 N–H and O–H groups in total. The maximum atomic E-state index is 12.8. The summed E-state index contributed by atoms with van der Waals surface area (Å²) in [6.07, 6.45) is 0. The van der Waals surface area contributed by atoms with Crippen LogP contribution in [-0.4, -0.2) is 102 Å². The molecule has 0 atom stereocenters. The van der Waals surface area contributed by atoms with E-state index >= 15 is 0 Å². The van der Waals surface area contributed by atoms with Gasteiger partial charge in [-0.2, -0.15) is 8.61 Å². The summed E-state index contributed by atoms with van der Waals surface area (Å²) in [4.78, 5) is 14.6. The van der Waals surface area contributed by atoms with Crippen LogP contribution in [0.1, 0.15) is 0 Å². The van der Waals surface area contributed by atoms with E-state index in [0.717, 1.165) is 0 Å². The second-order valence-electron chi connectivity index (χ2n) is 8.68. The number of nitrogens with one attached hydrogen (secondary N) is 1. The molecule has 14 heteroatoms. The number of sulfonamides is 2. The fraction of sp³-hybridized carbons (Fsp3) is 0.435. The second kappa shape index (κ2) is 11.6. The fourth-order valence-electron chi connectivity index (χ4n) is 3.92. The van der Waals surface area contributed by atoms with Gasteiger partial charge < -0.3 is 19.7 Å². The van der Waals surface area contributed by atoms with E-state index in [0.29, 0.717) is 45.1 Å². The average molecular weight is 573 g/mol. The summed E-state index contributed by atoms with van der Waals surface area (Å²) < 4.78 is 64.7. The summed E-state index contributed by atoms with van der Waals surface area (Å²) in [6.45, 7) is 3.01. The highest BCUT2D eigenvalue weighted by molar-refractivity contribution is 7.89. The Labute approximate surface area is 222 Å². The van der Waals surface area contributed by atoms with Gasteiger partial charge in [-0.3, -0.25) is 4.79 Å². The van der Waals surface area contributed by atoms with E-state index in [4.69, 9.17) is 21.1 Å². The summed E-state index contributed by atoms with van der Waals surface area (Å²) in [6, 6.07) is 10.0. The Balaban J connectivity index is 1.33. The number of morpholine rings is 1. The topological polar surface area (TPSA) is 126 Å². The molecule has 202 valence electrons. The third-order valence-corrected chi connectivity index (χ3v) is 10.2. The summed E-state index contributed by atoms with van der Waals surface area (Å²) in [7, 11) is -5.36. The van der Waals surface area contributed by atoms with Crippen LogP contribution in [0.4, 0.5) is 5.69 Å². The molecule has 0 saturated carbocycles. The largest absolute Gasteiger partial charge is 0.482 e. The van der Waals surface area contributed by atoms with E-state index in [2.05, 4.69) is 10.2 Å². The van der Waals surface area contributed by atoms with Gasteiger partial charge in [0.2, 0.25) is 20.0 Å². The Bertz CT molecular complexity index is 1320. The molecule has 0 aromatic heterocycles. The molecule has 0 unspecified atom stereocenters. The molecule has 2 aromatic carbocycles. The summed E-state index contributed by atoms with van der Waals surface area (Å²) in [5.74, 6) is -0.331. The lowest BCUT2D eigenvalue weighted by Crippen LogP contribution is -2.46. The zero-order valence-electron chi connectivity index (χ0n) is 20.3. The SMILES string of the molecule is CN1CCN(S(=O)(=O)c2ccc(NC(=O)COc3ccc(S(=O)(=O)N4CCOCC4)cc3Cl)cc2)CC1. The fourth-order valence-corrected chi connectivity index (χ4v) is 7.08. The first-order valence-corrected chi connectivity index (χ1v) is 14.9. The third kappa shape index (κ3) is 6.60. The van der Waals surface area contributed by atoms with Gasteiger partial charge >= 0.3 is 0 Å². The standard InChI is InChI=1S/C23H29ClN4O7S2/c1-26-8-10-27(11-9-26)36(30,31)19-4-2-18(3-5-19)25-23(29)17-35-22-7-6-20(16-21(22)24)37(32,33)28-12-14-34-15-13-28/h2-7,16H,8-15,17H2,1H3,(H,25,29). The monoisotopic (exact) mass is 572 g/mol. The van der Waals surface area contributed by atoms with Crippen LogP contribution in [0.15, 0.2) is 52.3 Å². The van der Waals surface area contributed by atoms with Crippen LogP contribution in [-0.2, 0) is 29.6 Å². The molecule has 2 heterocycles. The highest BCUT2D eigenvalue weighted by Crippen LogP contribution is 2.29. The number of amides is 1. The number of hydrogen-bond acceptors (Lipinski definition) is 8. The van der Waals surface area contributed by atoms with Crippen molar-refractivity contribution in [1.82, 2.24) is 13.5 Å². The number of hydrogen-bond donors (Lipinski definition) is 1. The molecule has 4 rings (SSSR count). The van der Waals surface area contributed by atoms with Crippen LogP contribution in [0.5, 0.6) is 5.75 Å². The lowest BCUT2D eigenvalue weighted by molar-refractivity contribution is -0.118. The third-order valence-electron chi connectivity index (χ3n) is 6.11. The van der Waals surface area contributed by atoms with Crippen molar-refractivity contribution in [3.63, 3.8) is 0 Å². The number of nitrogens with zero attached hydrogens (tertiary/aromatic N) is 3. The predicted molar refractivity (Wildman–Crippen MR) is 138 cm³/mol. The molecular formula is C23H29ClN4O7S2. The summed E-state index contributed by atoms with van der Waals surface area (Å²) >= 11 is 6.22. The molecule has 2 fully saturated rings. The maximum absolute atomic E-state index is 12.8. The van der Waals surface area contributed by atoms with E-state index in [-0.39, 0.29) is 40.3 Å². The quantitative estimate of drug-likeness (QED) is 0.502. The first-order valence-electron chi connectivity index (χ1n) is 11.7. The number of benzene rings is 2. The Morgan fingerprint density at radius 2 is 1.46 bits per heavy atom. The van der Waals surface area contributed by atoms with Crippen molar-refractivity contribution in [2.75, 3.05) is 71.5 Å². The van der Waals surface area contributed by atoms with Gasteiger partial charge in [0.25, 0.3) is 5.91 Å². The van der Waals surface area contributed by atoms with Crippen molar-refractivity contribution in [3.05, 3.63) is 47.5 Å². The van der Waals surface area contributed by atoms with Crippen LogP contribution in [0.3, 0.4) is 0 Å². The highest BCUT2D eigenvalue weighted by Gasteiger charge is 2.28. The Morgan fingerprint density at radius 1 is 0.892 bits per heavy atom. The zero-order valence-corrected chi connectivity index (χ0v) is 22.7. The molecule has 2 saturated heterocycles. The summed E-state index contributed by atoms with van der Waals surface area (Å²) in [5, 5.41) is 2.69. The van der Waals surface area contributed by atoms with E-state index in [9.17, 15) is 21.6 Å². The van der Waals surface area contributed by atoms with Gasteiger partial charge in [0, 0.05) is 45.0 Å². The smallest absolute Gasteiger partial charge is 0.262 e. The van der Waals surface area contributed by atoms with Gasteiger partial charge in [0.1, 0.15) is 5.75 Å². The normalized spacial score (nSPS) is 18.4. The van der Waals surface area contributed by atoms with Gasteiger partial charge in [-0.1, -0.05) is 11.6 Å². The van der Waals surface area contributed by atoms with Crippen molar-refractivity contribution in [2.24, 2.45) is 0 Å². The van der Waals surface area contributed by atoms with Gasteiger partial charge in [-0.25, -0.2) is 16.8 Å². The van der Waals surface area contributed by atoms with E-state index in [1.54, 1.807) is 0 Å². The predicted octanol–water partition coefficient (Wildman–Crippen LogP) is 1.31. The van der Waals surface area contributed by atoms with E-state index < -0.39 is 26.0 Å². The van der Waals surface area contributed by atoms with Gasteiger partial charge in [0.05, 0.1) is 28.0 Å². The Hall–Kier alpha value is -2.26. The van der Waals surface area contributed by atoms with Crippen molar-refractivity contribution in [2.45, 2.75) is 9.79 Å². The van der Waals surface area contributed by atoms with Crippen LogP contribution in [0.2, 0.25) is 5.02 Å². The number of ether oxygens (including phenoxy) is 2. The Morgan fingerprint density at radius 3 is 2.08 bits per heavy atom. The molecule has 1 amide bonds. The number of carbonyl (C=O) groups is 1. The molecule has 2 aromatic rings. The molecule has 2 aliphatic rings. The number of halogens is 1. The molecule has 11 nitrogen and oxygen atoms in total. The van der Waals surface area contributed by atoms with Crippen molar-refractivity contribution in [3.8, 4) is 5.75 Å². The number of carbonyl (C=O) groups excluding carboxylic acids is 1. The van der Waals surface area contributed by atoms with Crippen molar-refractivity contribution in [1.29, 1.82) is 0 Å². The van der Waals surface area contributed by atoms with Crippen LogP contribution in [0.25, 0.3) is 0 Å². The summed E-state index contributed by atoms with van der Waals surface area (Å²) in [5.41, 5.74) is 0.406. The van der Waals surface area contributed by atoms with Crippen LogP contribution >= 0.6 is 11.6 Å². The van der Waals surface area contributed by atoms with Gasteiger partial charge in [0.15, 0.2) is 6.61 Å². The Kier molecular flexibility index (Phi) is 8.74. The van der Waals surface area contributed by atoms with Crippen molar-refractivity contribution < 1.29 is 31.1 Å².